The van der Waals surface area contributed by atoms with E-state index in [-0.39, 0.29) is 0 Å². The molecule has 1 aliphatic rings. The summed E-state index contributed by atoms with van der Waals surface area (Å²) in [7, 11) is 0. The Kier molecular flexibility index (Phi) is 3.12. The van der Waals surface area contributed by atoms with Gasteiger partial charge >= 0.3 is 0 Å². The lowest BCUT2D eigenvalue weighted by molar-refractivity contribution is 0.802. The first-order chi connectivity index (χ1) is 6.81. The van der Waals surface area contributed by atoms with E-state index < -0.39 is 0 Å². The molecule has 14 heavy (non-hydrogen) atoms. The number of nitrogens with zero attached hydrogens (tertiary/aromatic N) is 3. The third-order valence-corrected chi connectivity index (χ3v) is 2.97. The first-order valence-electron chi connectivity index (χ1n) is 4.42. The van der Waals surface area contributed by atoms with E-state index in [0.29, 0.717) is 6.04 Å². The predicted octanol–water partition coefficient (Wildman–Crippen LogP) is 1.89. The summed E-state index contributed by atoms with van der Waals surface area (Å²) in [5.41, 5.74) is 0. The molecular formula is C8H12N4S2. The standard InChI is InChI=1S/C8H12N4S2/c1-13-7-10-6(9-5-3-4-5)11-8(12-7)14-2/h5H,3-4H2,1-2H3,(H,9,10,11,12). The minimum atomic E-state index is 0.585. The van der Waals surface area contributed by atoms with Gasteiger partial charge < -0.3 is 5.32 Å². The minimum absolute atomic E-state index is 0.585. The Morgan fingerprint density at radius 1 is 1.07 bits per heavy atom. The molecule has 6 heteroatoms. The lowest BCUT2D eigenvalue weighted by Crippen LogP contribution is -2.07. The Morgan fingerprint density at radius 3 is 2.07 bits per heavy atom. The number of nitrogens with one attached hydrogen (secondary N) is 1. The van der Waals surface area contributed by atoms with Crippen molar-refractivity contribution >= 4 is 29.5 Å². The van der Waals surface area contributed by atoms with Gasteiger partial charge in [0.25, 0.3) is 0 Å². The minimum Gasteiger partial charge on any atom is -0.351 e. The molecule has 0 bridgehead atoms. The van der Waals surface area contributed by atoms with E-state index in [2.05, 4.69) is 20.3 Å². The summed E-state index contributed by atoms with van der Waals surface area (Å²) < 4.78 is 0. The zero-order valence-corrected chi connectivity index (χ0v) is 9.78. The number of hydrogen-bond acceptors (Lipinski definition) is 6. The van der Waals surface area contributed by atoms with Gasteiger partial charge in [0.2, 0.25) is 5.95 Å². The SMILES string of the molecule is CSc1nc(NC2CC2)nc(SC)n1. The van der Waals surface area contributed by atoms with Crippen molar-refractivity contribution in [1.29, 1.82) is 0 Å². The van der Waals surface area contributed by atoms with Gasteiger partial charge in [-0.3, -0.25) is 0 Å². The van der Waals surface area contributed by atoms with Crippen LogP contribution < -0.4 is 5.32 Å². The lowest BCUT2D eigenvalue weighted by atomic mass is 10.7. The summed E-state index contributed by atoms with van der Waals surface area (Å²) in [6.45, 7) is 0. The number of hydrogen-bond donors (Lipinski definition) is 1. The molecule has 4 nitrogen and oxygen atoms in total. The quantitative estimate of drug-likeness (QED) is 0.794. The van der Waals surface area contributed by atoms with Gasteiger partial charge in [0.05, 0.1) is 0 Å². The van der Waals surface area contributed by atoms with Crippen LogP contribution >= 0.6 is 23.5 Å². The van der Waals surface area contributed by atoms with Crippen molar-refractivity contribution in [2.24, 2.45) is 0 Å². The Bertz CT molecular complexity index is 305. The third-order valence-electron chi connectivity index (χ3n) is 1.87. The molecule has 1 aromatic rings. The topological polar surface area (TPSA) is 50.7 Å². The summed E-state index contributed by atoms with van der Waals surface area (Å²) in [6, 6.07) is 0.585. The van der Waals surface area contributed by atoms with Crippen LogP contribution in [0, 0.1) is 0 Å². The third kappa shape index (κ3) is 2.51. The van der Waals surface area contributed by atoms with E-state index in [1.807, 2.05) is 12.5 Å². The van der Waals surface area contributed by atoms with Crippen LogP contribution in [0.25, 0.3) is 0 Å². The average Bonchev–Trinajstić information content (AvgIpc) is 3.01. The van der Waals surface area contributed by atoms with Crippen molar-refractivity contribution in [2.45, 2.75) is 29.2 Å². The van der Waals surface area contributed by atoms with E-state index >= 15 is 0 Å². The Labute approximate surface area is 91.7 Å². The van der Waals surface area contributed by atoms with E-state index in [9.17, 15) is 0 Å². The molecule has 1 N–H and O–H groups in total. The Balaban J connectivity index is 2.19. The fourth-order valence-electron chi connectivity index (χ4n) is 0.995. The maximum atomic E-state index is 4.30. The lowest BCUT2D eigenvalue weighted by Gasteiger charge is -2.04. The molecule has 2 rings (SSSR count). The summed E-state index contributed by atoms with van der Waals surface area (Å²) in [5.74, 6) is 0.719. The summed E-state index contributed by atoms with van der Waals surface area (Å²) in [4.78, 5) is 12.9. The van der Waals surface area contributed by atoms with Crippen molar-refractivity contribution in [3.05, 3.63) is 0 Å². The molecule has 0 unspecified atom stereocenters. The summed E-state index contributed by atoms with van der Waals surface area (Å²) in [6.07, 6.45) is 6.41. The van der Waals surface area contributed by atoms with Gasteiger partial charge in [0.15, 0.2) is 10.3 Å². The maximum Gasteiger partial charge on any atom is 0.227 e. The number of anilines is 1. The number of rotatable bonds is 4. The van der Waals surface area contributed by atoms with Crippen LogP contribution in [-0.4, -0.2) is 33.5 Å². The van der Waals surface area contributed by atoms with Crippen molar-refractivity contribution in [3.63, 3.8) is 0 Å². The second kappa shape index (κ2) is 4.35. The number of aromatic nitrogens is 3. The molecule has 76 valence electrons. The van der Waals surface area contributed by atoms with Gasteiger partial charge in [-0.1, -0.05) is 23.5 Å². The van der Waals surface area contributed by atoms with Gasteiger partial charge in [-0.15, -0.1) is 0 Å². The molecular weight excluding hydrogens is 216 g/mol. The van der Waals surface area contributed by atoms with Crippen LogP contribution in [0.15, 0.2) is 10.3 Å². The molecule has 0 aromatic carbocycles. The van der Waals surface area contributed by atoms with Crippen LogP contribution in [0.3, 0.4) is 0 Å². The molecule has 1 saturated carbocycles. The van der Waals surface area contributed by atoms with Crippen LogP contribution in [0.5, 0.6) is 0 Å². The highest BCUT2D eigenvalue weighted by atomic mass is 32.2. The van der Waals surface area contributed by atoms with Gasteiger partial charge in [-0.2, -0.15) is 15.0 Å². The van der Waals surface area contributed by atoms with Crippen LogP contribution in [-0.2, 0) is 0 Å². The van der Waals surface area contributed by atoms with E-state index in [1.165, 1.54) is 12.8 Å². The summed E-state index contributed by atoms with van der Waals surface area (Å²) in [5, 5.41) is 4.85. The fraction of sp³-hybridized carbons (Fsp3) is 0.625. The zero-order valence-electron chi connectivity index (χ0n) is 8.15. The highest BCUT2D eigenvalue weighted by molar-refractivity contribution is 7.99. The predicted molar refractivity (Wildman–Crippen MR) is 60.0 cm³/mol. The molecule has 0 atom stereocenters. The fourth-order valence-corrected chi connectivity index (χ4v) is 1.76. The first-order valence-corrected chi connectivity index (χ1v) is 6.87. The molecule has 0 radical (unpaired) electrons. The van der Waals surface area contributed by atoms with Crippen molar-refractivity contribution in [1.82, 2.24) is 15.0 Å². The van der Waals surface area contributed by atoms with E-state index in [0.717, 1.165) is 16.3 Å². The molecule has 1 aliphatic carbocycles. The highest BCUT2D eigenvalue weighted by Crippen LogP contribution is 2.24. The van der Waals surface area contributed by atoms with Crippen LogP contribution in [0.4, 0.5) is 5.95 Å². The first kappa shape index (κ1) is 10.0. The number of thioether (sulfide) groups is 2. The average molecular weight is 228 g/mol. The second-order valence-electron chi connectivity index (χ2n) is 3.05. The molecule has 1 fully saturated rings. The monoisotopic (exact) mass is 228 g/mol. The smallest absolute Gasteiger partial charge is 0.227 e. The van der Waals surface area contributed by atoms with E-state index in [4.69, 9.17) is 0 Å². The molecule has 0 amide bonds. The largest absolute Gasteiger partial charge is 0.351 e. The van der Waals surface area contributed by atoms with E-state index in [1.54, 1.807) is 23.5 Å². The molecule has 0 spiro atoms. The van der Waals surface area contributed by atoms with Gasteiger partial charge in [-0.05, 0) is 25.4 Å². The Hall–Kier alpha value is -0.490. The maximum absolute atomic E-state index is 4.30. The van der Waals surface area contributed by atoms with Crippen molar-refractivity contribution in [3.8, 4) is 0 Å². The van der Waals surface area contributed by atoms with Gasteiger partial charge in [0.1, 0.15) is 0 Å². The summed E-state index contributed by atoms with van der Waals surface area (Å²) >= 11 is 3.09. The highest BCUT2D eigenvalue weighted by Gasteiger charge is 2.22. The Morgan fingerprint density at radius 2 is 1.64 bits per heavy atom. The molecule has 1 heterocycles. The zero-order chi connectivity index (χ0) is 9.97. The molecule has 0 aliphatic heterocycles. The molecule has 1 aromatic heterocycles. The van der Waals surface area contributed by atoms with Gasteiger partial charge in [-0.25, -0.2) is 0 Å². The van der Waals surface area contributed by atoms with Crippen molar-refractivity contribution in [2.75, 3.05) is 17.8 Å². The van der Waals surface area contributed by atoms with Crippen molar-refractivity contribution < 1.29 is 0 Å². The van der Waals surface area contributed by atoms with Crippen LogP contribution in [0.1, 0.15) is 12.8 Å². The van der Waals surface area contributed by atoms with Crippen LogP contribution in [0.2, 0.25) is 0 Å². The molecule has 0 saturated heterocycles. The normalized spacial score (nSPS) is 15.6. The second-order valence-corrected chi connectivity index (χ2v) is 4.60. The van der Waals surface area contributed by atoms with Gasteiger partial charge in [0, 0.05) is 6.04 Å².